The summed E-state index contributed by atoms with van der Waals surface area (Å²) in [6.07, 6.45) is -0.717. The molecular formula is C19H16F2N2O4. The van der Waals surface area contributed by atoms with Crippen LogP contribution in [-0.2, 0) is 9.53 Å². The van der Waals surface area contributed by atoms with Crippen molar-refractivity contribution >= 4 is 24.0 Å². The molecule has 2 aromatic carbocycles. The van der Waals surface area contributed by atoms with Gasteiger partial charge in [0.05, 0.1) is 24.3 Å². The molecule has 1 aliphatic heterocycles. The summed E-state index contributed by atoms with van der Waals surface area (Å²) < 4.78 is 34.2. The first-order chi connectivity index (χ1) is 12.9. The number of carbonyl (C=O) groups is 3. The summed E-state index contributed by atoms with van der Waals surface area (Å²) in [6.45, 7) is 1.51. The van der Waals surface area contributed by atoms with Crippen molar-refractivity contribution in [2.75, 3.05) is 18.0 Å². The third-order valence-corrected chi connectivity index (χ3v) is 4.13. The molecule has 27 heavy (non-hydrogen) atoms. The molecular weight excluding hydrogens is 358 g/mol. The highest BCUT2D eigenvalue weighted by Gasteiger charge is 2.33. The maximum Gasteiger partial charge on any atom is 0.414 e. The standard InChI is InChI=1S/C19H16F2N2O4/c1-11(25)22-8-15-9-23(19(26)27-15)14-6-16(20)18(17(21)7-14)13-4-2-12(10-24)3-5-13/h2-7,10,15H,8-9H2,1H3,(H,22,25)/t15-/m0/s1. The van der Waals surface area contributed by atoms with Crippen molar-refractivity contribution in [2.45, 2.75) is 13.0 Å². The van der Waals surface area contributed by atoms with Crippen molar-refractivity contribution in [3.63, 3.8) is 0 Å². The fraction of sp³-hybridized carbons (Fsp3) is 0.211. The predicted molar refractivity (Wildman–Crippen MR) is 93.5 cm³/mol. The summed E-state index contributed by atoms with van der Waals surface area (Å²) >= 11 is 0. The normalized spacial score (nSPS) is 16.2. The lowest BCUT2D eigenvalue weighted by molar-refractivity contribution is -0.119. The van der Waals surface area contributed by atoms with Crippen LogP contribution in [0.3, 0.4) is 0 Å². The van der Waals surface area contributed by atoms with E-state index in [0.717, 1.165) is 17.0 Å². The molecule has 2 amide bonds. The van der Waals surface area contributed by atoms with E-state index in [1.807, 2.05) is 0 Å². The lowest BCUT2D eigenvalue weighted by Gasteiger charge is -2.15. The first-order valence-electron chi connectivity index (χ1n) is 8.16. The van der Waals surface area contributed by atoms with Crippen molar-refractivity contribution in [3.8, 4) is 11.1 Å². The Morgan fingerprint density at radius 2 is 1.89 bits per heavy atom. The van der Waals surface area contributed by atoms with Crippen LogP contribution in [-0.4, -0.2) is 37.5 Å². The van der Waals surface area contributed by atoms with Crippen LogP contribution in [0.15, 0.2) is 36.4 Å². The molecule has 3 rings (SSSR count). The second kappa shape index (κ2) is 7.53. The number of anilines is 1. The van der Waals surface area contributed by atoms with Gasteiger partial charge >= 0.3 is 6.09 Å². The van der Waals surface area contributed by atoms with Crippen LogP contribution in [0.2, 0.25) is 0 Å². The number of amides is 2. The molecule has 2 aromatic rings. The van der Waals surface area contributed by atoms with Crippen LogP contribution >= 0.6 is 0 Å². The highest BCUT2D eigenvalue weighted by molar-refractivity contribution is 5.90. The zero-order valence-electron chi connectivity index (χ0n) is 14.4. The minimum atomic E-state index is -0.845. The van der Waals surface area contributed by atoms with Gasteiger partial charge in [-0.15, -0.1) is 0 Å². The number of nitrogens with zero attached hydrogens (tertiary/aromatic N) is 1. The Hall–Kier alpha value is -3.29. The summed E-state index contributed by atoms with van der Waals surface area (Å²) in [5, 5.41) is 2.53. The third-order valence-electron chi connectivity index (χ3n) is 4.13. The van der Waals surface area contributed by atoms with E-state index in [-0.39, 0.29) is 35.8 Å². The number of ether oxygens (including phenoxy) is 1. The van der Waals surface area contributed by atoms with Gasteiger partial charge in [-0.3, -0.25) is 14.5 Å². The minimum absolute atomic E-state index is 0.0218. The zero-order chi connectivity index (χ0) is 19.6. The van der Waals surface area contributed by atoms with Gasteiger partial charge in [-0.05, 0) is 17.7 Å². The SMILES string of the molecule is CC(=O)NC[C@H]1CN(c2cc(F)c(-c3ccc(C=O)cc3)c(F)c2)C(=O)O1. The molecule has 8 heteroatoms. The lowest BCUT2D eigenvalue weighted by Crippen LogP contribution is -2.33. The molecule has 1 heterocycles. The molecule has 1 atom stereocenters. The van der Waals surface area contributed by atoms with Crippen molar-refractivity contribution in [2.24, 2.45) is 0 Å². The van der Waals surface area contributed by atoms with E-state index in [9.17, 15) is 23.2 Å². The van der Waals surface area contributed by atoms with Crippen LogP contribution in [0.25, 0.3) is 11.1 Å². The first-order valence-corrected chi connectivity index (χ1v) is 8.16. The smallest absolute Gasteiger partial charge is 0.414 e. The first kappa shape index (κ1) is 18.5. The molecule has 1 aliphatic rings. The molecule has 1 saturated heterocycles. The van der Waals surface area contributed by atoms with E-state index in [0.29, 0.717) is 11.8 Å². The number of hydrogen-bond donors (Lipinski definition) is 1. The van der Waals surface area contributed by atoms with Crippen molar-refractivity contribution in [1.29, 1.82) is 0 Å². The minimum Gasteiger partial charge on any atom is -0.442 e. The van der Waals surface area contributed by atoms with Gasteiger partial charge in [-0.1, -0.05) is 24.3 Å². The molecule has 0 aromatic heterocycles. The Morgan fingerprint density at radius 3 is 2.44 bits per heavy atom. The molecule has 140 valence electrons. The van der Waals surface area contributed by atoms with Gasteiger partial charge in [-0.25, -0.2) is 13.6 Å². The van der Waals surface area contributed by atoms with Gasteiger partial charge in [0.1, 0.15) is 24.0 Å². The zero-order valence-corrected chi connectivity index (χ0v) is 14.4. The Balaban J connectivity index is 1.85. The van der Waals surface area contributed by atoms with Crippen LogP contribution in [0.4, 0.5) is 19.3 Å². The van der Waals surface area contributed by atoms with Gasteiger partial charge < -0.3 is 10.1 Å². The van der Waals surface area contributed by atoms with E-state index < -0.39 is 23.8 Å². The van der Waals surface area contributed by atoms with Gasteiger partial charge in [0.15, 0.2) is 0 Å². The second-order valence-electron chi connectivity index (χ2n) is 6.08. The van der Waals surface area contributed by atoms with Crippen LogP contribution in [0.1, 0.15) is 17.3 Å². The summed E-state index contributed by atoms with van der Waals surface area (Å²) in [5.74, 6) is -1.96. The third kappa shape index (κ3) is 3.94. The van der Waals surface area contributed by atoms with Crippen LogP contribution in [0.5, 0.6) is 0 Å². The molecule has 6 nitrogen and oxygen atoms in total. The molecule has 0 bridgehead atoms. The Morgan fingerprint density at radius 1 is 1.26 bits per heavy atom. The number of halogens is 2. The highest BCUT2D eigenvalue weighted by Crippen LogP contribution is 2.32. The summed E-state index contributed by atoms with van der Waals surface area (Å²) in [7, 11) is 0. The van der Waals surface area contributed by atoms with E-state index >= 15 is 0 Å². The maximum absolute atomic E-state index is 14.6. The van der Waals surface area contributed by atoms with Gasteiger partial charge in [0.25, 0.3) is 0 Å². The lowest BCUT2D eigenvalue weighted by atomic mass is 10.0. The molecule has 0 saturated carbocycles. The van der Waals surface area contributed by atoms with E-state index in [1.165, 1.54) is 31.2 Å². The molecule has 0 aliphatic carbocycles. The number of aldehydes is 1. The average molecular weight is 374 g/mol. The predicted octanol–water partition coefficient (Wildman–Crippen LogP) is 2.91. The highest BCUT2D eigenvalue weighted by atomic mass is 19.1. The van der Waals surface area contributed by atoms with Gasteiger partial charge in [0, 0.05) is 12.5 Å². The number of cyclic esters (lactones) is 1. The molecule has 0 spiro atoms. The van der Waals surface area contributed by atoms with Gasteiger partial charge in [0.2, 0.25) is 5.91 Å². The van der Waals surface area contributed by atoms with E-state index in [2.05, 4.69) is 5.32 Å². The molecule has 0 unspecified atom stereocenters. The Kier molecular flexibility index (Phi) is 5.16. The van der Waals surface area contributed by atoms with Crippen molar-refractivity contribution in [1.82, 2.24) is 5.32 Å². The summed E-state index contributed by atoms with van der Waals surface area (Å²) in [6, 6.07) is 7.90. The largest absolute Gasteiger partial charge is 0.442 e. The Bertz CT molecular complexity index is 876. The number of rotatable bonds is 5. The number of hydrogen-bond acceptors (Lipinski definition) is 4. The Labute approximate surface area is 153 Å². The van der Waals surface area contributed by atoms with Crippen molar-refractivity contribution < 1.29 is 27.9 Å². The summed E-state index contributed by atoms with van der Waals surface area (Å²) in [5.41, 5.74) is 0.433. The van der Waals surface area contributed by atoms with Crippen LogP contribution in [0, 0.1) is 11.6 Å². The maximum atomic E-state index is 14.6. The number of benzene rings is 2. The van der Waals surface area contributed by atoms with E-state index in [4.69, 9.17) is 4.74 Å². The fourth-order valence-electron chi connectivity index (χ4n) is 2.82. The second-order valence-corrected chi connectivity index (χ2v) is 6.08. The molecule has 1 fully saturated rings. The average Bonchev–Trinajstić information content (AvgIpc) is 3.00. The van der Waals surface area contributed by atoms with E-state index in [1.54, 1.807) is 0 Å². The molecule has 1 N–H and O–H groups in total. The monoisotopic (exact) mass is 374 g/mol. The molecule has 0 radical (unpaired) electrons. The number of carbonyl (C=O) groups excluding carboxylic acids is 3. The number of nitrogens with one attached hydrogen (secondary N) is 1. The summed E-state index contributed by atoms with van der Waals surface area (Å²) in [4.78, 5) is 34.8. The topological polar surface area (TPSA) is 75.7 Å². The van der Waals surface area contributed by atoms with Crippen molar-refractivity contribution in [3.05, 3.63) is 53.6 Å². The quantitative estimate of drug-likeness (QED) is 0.817. The van der Waals surface area contributed by atoms with Crippen LogP contribution < -0.4 is 10.2 Å². The van der Waals surface area contributed by atoms with Gasteiger partial charge in [-0.2, -0.15) is 0 Å². The fourth-order valence-corrected chi connectivity index (χ4v) is 2.82.